The van der Waals surface area contributed by atoms with Crippen molar-refractivity contribution in [2.75, 3.05) is 19.6 Å². The van der Waals surface area contributed by atoms with Gasteiger partial charge in [0.05, 0.1) is 24.6 Å². The first kappa shape index (κ1) is 19.3. The van der Waals surface area contributed by atoms with Gasteiger partial charge in [0.1, 0.15) is 5.69 Å². The zero-order chi connectivity index (χ0) is 21.0. The Kier molecular flexibility index (Phi) is 4.47. The number of benzene rings is 1. The molecule has 4 atom stereocenters. The second-order valence-corrected chi connectivity index (χ2v) is 9.12. The molecular weight excluding hydrogens is 380 g/mol. The van der Waals surface area contributed by atoms with E-state index in [1.165, 1.54) is 6.33 Å². The molecule has 1 aromatic heterocycles. The number of imidazole rings is 1. The van der Waals surface area contributed by atoms with Gasteiger partial charge in [-0.25, -0.2) is 4.98 Å². The molecule has 5 rings (SSSR count). The third-order valence-corrected chi connectivity index (χ3v) is 7.24. The van der Waals surface area contributed by atoms with Gasteiger partial charge in [-0.1, -0.05) is 17.7 Å². The number of hydrogen-bond acceptors (Lipinski definition) is 4. The summed E-state index contributed by atoms with van der Waals surface area (Å²) in [5.74, 6) is 0.401. The molecule has 3 fully saturated rings. The van der Waals surface area contributed by atoms with Crippen LogP contribution in [0.4, 0.5) is 0 Å². The Morgan fingerprint density at radius 1 is 1.33 bits per heavy atom. The van der Waals surface area contributed by atoms with Gasteiger partial charge in [-0.2, -0.15) is 0 Å². The van der Waals surface area contributed by atoms with Crippen LogP contribution in [0.1, 0.15) is 50.5 Å². The number of likely N-dealkylation sites (tertiary alicyclic amines) is 1. The fourth-order valence-electron chi connectivity index (χ4n) is 5.64. The third-order valence-electron chi connectivity index (χ3n) is 7.24. The molecule has 0 saturated carbocycles. The third kappa shape index (κ3) is 2.95. The van der Waals surface area contributed by atoms with E-state index >= 15 is 0 Å². The van der Waals surface area contributed by atoms with E-state index in [4.69, 9.17) is 4.74 Å². The van der Waals surface area contributed by atoms with Crippen molar-refractivity contribution in [3.8, 4) is 0 Å². The predicted molar refractivity (Wildman–Crippen MR) is 111 cm³/mol. The van der Waals surface area contributed by atoms with Crippen molar-refractivity contribution in [2.24, 2.45) is 11.8 Å². The standard InChI is InChI=1S/C23H28N4O3/c1-13-4-5-14(2)16(8-13)22(29)27-10-18-17(19-6-7-23(18,11-27)30-19)9-24-21(28)20-15(3)25-12-26-20/h4-5,8,12,17-19H,6-7,9-11H2,1-3H3,(H,24,28)(H,25,26)/t17-,18+,19+,23+/m0/s1. The lowest BCUT2D eigenvalue weighted by molar-refractivity contribution is 0.00316. The van der Waals surface area contributed by atoms with E-state index in [1.807, 2.05) is 43.9 Å². The summed E-state index contributed by atoms with van der Waals surface area (Å²) in [6.45, 7) is 7.71. The van der Waals surface area contributed by atoms with E-state index in [9.17, 15) is 9.59 Å². The van der Waals surface area contributed by atoms with Crippen LogP contribution in [0.3, 0.4) is 0 Å². The van der Waals surface area contributed by atoms with Crippen molar-refractivity contribution in [2.45, 2.75) is 45.3 Å². The molecule has 7 nitrogen and oxygen atoms in total. The van der Waals surface area contributed by atoms with Crippen molar-refractivity contribution in [1.82, 2.24) is 20.2 Å². The summed E-state index contributed by atoms with van der Waals surface area (Å²) in [6.07, 6.45) is 3.67. The molecule has 3 saturated heterocycles. The molecule has 0 radical (unpaired) electrons. The van der Waals surface area contributed by atoms with Crippen LogP contribution < -0.4 is 5.32 Å². The summed E-state index contributed by atoms with van der Waals surface area (Å²) in [4.78, 5) is 34.8. The molecule has 0 aliphatic carbocycles. The average Bonchev–Trinajstić information content (AvgIpc) is 3.47. The van der Waals surface area contributed by atoms with E-state index < -0.39 is 0 Å². The Labute approximate surface area is 176 Å². The van der Waals surface area contributed by atoms with Crippen LogP contribution in [0.15, 0.2) is 24.5 Å². The normalized spacial score (nSPS) is 29.3. The smallest absolute Gasteiger partial charge is 0.271 e. The molecule has 158 valence electrons. The molecule has 4 heterocycles. The second-order valence-electron chi connectivity index (χ2n) is 9.12. The number of aromatic nitrogens is 2. The summed E-state index contributed by atoms with van der Waals surface area (Å²) in [5.41, 5.74) is 3.82. The summed E-state index contributed by atoms with van der Waals surface area (Å²) in [5, 5.41) is 3.05. The second kappa shape index (κ2) is 6.94. The Morgan fingerprint density at radius 3 is 2.93 bits per heavy atom. The number of aromatic amines is 1. The summed E-state index contributed by atoms with van der Waals surface area (Å²) in [7, 11) is 0. The van der Waals surface area contributed by atoms with Crippen molar-refractivity contribution >= 4 is 11.8 Å². The fourth-order valence-corrected chi connectivity index (χ4v) is 5.64. The van der Waals surface area contributed by atoms with E-state index in [0.29, 0.717) is 25.3 Å². The van der Waals surface area contributed by atoms with Crippen molar-refractivity contribution in [3.63, 3.8) is 0 Å². The summed E-state index contributed by atoms with van der Waals surface area (Å²) >= 11 is 0. The van der Waals surface area contributed by atoms with Gasteiger partial charge < -0.3 is 19.9 Å². The number of H-pyrrole nitrogens is 1. The van der Waals surface area contributed by atoms with Crippen LogP contribution in [0, 0.1) is 32.6 Å². The minimum atomic E-state index is -0.254. The summed E-state index contributed by atoms with van der Waals surface area (Å²) in [6, 6.07) is 6.02. The highest BCUT2D eigenvalue weighted by Crippen LogP contribution is 2.54. The van der Waals surface area contributed by atoms with Gasteiger partial charge in [0.15, 0.2) is 0 Å². The molecule has 3 aliphatic heterocycles. The molecule has 1 aromatic carbocycles. The van der Waals surface area contributed by atoms with Crippen molar-refractivity contribution in [3.05, 3.63) is 52.6 Å². The number of fused-ring (bicyclic) bond motifs is 1. The predicted octanol–water partition coefficient (Wildman–Crippen LogP) is 2.38. The van der Waals surface area contributed by atoms with E-state index in [-0.39, 0.29) is 35.4 Å². The van der Waals surface area contributed by atoms with Crippen LogP contribution in [-0.2, 0) is 4.74 Å². The molecule has 2 aromatic rings. The minimum Gasteiger partial charge on any atom is -0.369 e. The van der Waals surface area contributed by atoms with Crippen LogP contribution >= 0.6 is 0 Å². The number of ether oxygens (including phenoxy) is 1. The highest BCUT2D eigenvalue weighted by atomic mass is 16.5. The Bertz CT molecular complexity index is 1020. The number of amides is 2. The molecule has 2 bridgehead atoms. The molecule has 7 heteroatoms. The van der Waals surface area contributed by atoms with Gasteiger partial charge in [0, 0.05) is 36.2 Å². The molecule has 2 amide bonds. The lowest BCUT2D eigenvalue weighted by Crippen LogP contribution is -2.42. The van der Waals surface area contributed by atoms with E-state index in [0.717, 1.165) is 35.2 Å². The maximum absolute atomic E-state index is 13.3. The van der Waals surface area contributed by atoms with Crippen LogP contribution in [0.2, 0.25) is 0 Å². The van der Waals surface area contributed by atoms with Crippen LogP contribution in [0.25, 0.3) is 0 Å². The van der Waals surface area contributed by atoms with Crippen LogP contribution in [-0.4, -0.2) is 58.0 Å². The first-order valence-corrected chi connectivity index (χ1v) is 10.7. The highest BCUT2D eigenvalue weighted by Gasteiger charge is 2.63. The van der Waals surface area contributed by atoms with Gasteiger partial charge in [-0.15, -0.1) is 0 Å². The monoisotopic (exact) mass is 408 g/mol. The number of carbonyl (C=O) groups excluding carboxylic acids is 2. The Balaban J connectivity index is 1.31. The van der Waals surface area contributed by atoms with Gasteiger partial charge >= 0.3 is 0 Å². The zero-order valence-corrected chi connectivity index (χ0v) is 17.7. The maximum atomic E-state index is 13.3. The van der Waals surface area contributed by atoms with Gasteiger partial charge in [0.25, 0.3) is 11.8 Å². The van der Waals surface area contributed by atoms with Gasteiger partial charge in [-0.05, 0) is 45.2 Å². The quantitative estimate of drug-likeness (QED) is 0.813. The number of rotatable bonds is 4. The Hall–Kier alpha value is -2.67. The lowest BCUT2D eigenvalue weighted by Gasteiger charge is -2.29. The van der Waals surface area contributed by atoms with E-state index in [2.05, 4.69) is 15.3 Å². The largest absolute Gasteiger partial charge is 0.369 e. The highest BCUT2D eigenvalue weighted by molar-refractivity contribution is 5.96. The maximum Gasteiger partial charge on any atom is 0.271 e. The fraction of sp³-hybridized carbons (Fsp3) is 0.522. The number of aryl methyl sites for hydroxylation is 3. The number of carbonyl (C=O) groups is 2. The molecule has 3 aliphatic rings. The van der Waals surface area contributed by atoms with Gasteiger partial charge in [0.2, 0.25) is 0 Å². The molecule has 1 spiro atoms. The number of nitrogens with zero attached hydrogens (tertiary/aromatic N) is 2. The summed E-state index contributed by atoms with van der Waals surface area (Å²) < 4.78 is 6.45. The lowest BCUT2D eigenvalue weighted by atomic mass is 9.73. The zero-order valence-electron chi connectivity index (χ0n) is 17.7. The number of nitrogens with one attached hydrogen (secondary N) is 2. The molecule has 0 unspecified atom stereocenters. The van der Waals surface area contributed by atoms with Gasteiger partial charge in [-0.3, -0.25) is 9.59 Å². The molecule has 30 heavy (non-hydrogen) atoms. The Morgan fingerprint density at radius 2 is 2.17 bits per heavy atom. The topological polar surface area (TPSA) is 87.3 Å². The SMILES string of the molecule is Cc1ccc(C)c(C(=O)N2C[C@@H]3[C@H](CNC(=O)c4nc[nH]c4C)[C@H]4CC[C@]3(C2)O4)c1. The minimum absolute atomic E-state index is 0.0851. The molecule has 2 N–H and O–H groups in total. The number of hydrogen-bond donors (Lipinski definition) is 2. The van der Waals surface area contributed by atoms with Crippen molar-refractivity contribution < 1.29 is 14.3 Å². The first-order chi connectivity index (χ1) is 14.4. The molecular formula is C23H28N4O3. The average molecular weight is 409 g/mol. The first-order valence-electron chi connectivity index (χ1n) is 10.7. The van der Waals surface area contributed by atoms with Crippen LogP contribution in [0.5, 0.6) is 0 Å². The van der Waals surface area contributed by atoms with E-state index in [1.54, 1.807) is 0 Å². The van der Waals surface area contributed by atoms with Crippen molar-refractivity contribution in [1.29, 1.82) is 0 Å².